The van der Waals surface area contributed by atoms with E-state index in [1.165, 1.54) is 11.4 Å². The van der Waals surface area contributed by atoms with E-state index < -0.39 is 21.9 Å². The van der Waals surface area contributed by atoms with Gasteiger partial charge in [0.2, 0.25) is 15.9 Å². The smallest absolute Gasteiger partial charge is 0.338 e. The van der Waals surface area contributed by atoms with Crippen LogP contribution in [0.4, 0.5) is 5.69 Å². The Morgan fingerprint density at radius 2 is 1.88 bits per heavy atom. The van der Waals surface area contributed by atoms with Gasteiger partial charge >= 0.3 is 5.97 Å². The molecule has 1 amide bonds. The Kier molecular flexibility index (Phi) is 7.52. The molecule has 2 aromatic carbocycles. The van der Waals surface area contributed by atoms with Gasteiger partial charge in [0.15, 0.2) is 0 Å². The van der Waals surface area contributed by atoms with Gasteiger partial charge in [0.05, 0.1) is 25.2 Å². The zero-order valence-electron chi connectivity index (χ0n) is 18.5. The number of hydrogen-bond donors (Lipinski definition) is 1. The van der Waals surface area contributed by atoms with Crippen molar-refractivity contribution >= 4 is 27.6 Å². The molecule has 0 aromatic heterocycles. The average molecular weight is 461 g/mol. The number of ether oxygens (including phenoxy) is 2. The van der Waals surface area contributed by atoms with Crippen LogP contribution in [0.2, 0.25) is 0 Å². The Labute approximate surface area is 188 Å². The van der Waals surface area contributed by atoms with Gasteiger partial charge in [-0.25, -0.2) is 13.2 Å². The van der Waals surface area contributed by atoms with E-state index in [1.54, 1.807) is 49.4 Å². The Morgan fingerprint density at radius 3 is 2.53 bits per heavy atom. The van der Waals surface area contributed by atoms with Crippen molar-refractivity contribution < 1.29 is 27.5 Å². The number of nitrogens with zero attached hydrogens (tertiary/aromatic N) is 1. The molecule has 1 N–H and O–H groups in total. The molecular formula is C23H28N2O6S. The summed E-state index contributed by atoms with van der Waals surface area (Å²) in [4.78, 5) is 24.7. The third-order valence-electron chi connectivity index (χ3n) is 5.36. The molecule has 0 bridgehead atoms. The van der Waals surface area contributed by atoms with Crippen LogP contribution >= 0.6 is 0 Å². The molecule has 0 spiro atoms. The number of methoxy groups -OCH3 is 1. The molecule has 1 fully saturated rings. The van der Waals surface area contributed by atoms with Crippen molar-refractivity contribution in [2.75, 3.05) is 32.1 Å². The first kappa shape index (κ1) is 23.7. The first-order valence-corrected chi connectivity index (χ1v) is 11.9. The van der Waals surface area contributed by atoms with Gasteiger partial charge in [0.1, 0.15) is 10.6 Å². The van der Waals surface area contributed by atoms with Gasteiger partial charge in [-0.3, -0.25) is 4.79 Å². The minimum absolute atomic E-state index is 0.0895. The molecule has 1 aliphatic rings. The molecular weight excluding hydrogens is 432 g/mol. The largest absolute Gasteiger partial charge is 0.495 e. The molecule has 0 radical (unpaired) electrons. The standard InChI is InChI=1S/C23H28N2O6S/c1-4-31-23(27)17-8-10-19(11-9-17)24-22(26)18-6-5-13-25(15-18)32(28,29)21-14-16(2)7-12-20(21)30-3/h7-12,14,18H,4-6,13,15H2,1-3H3,(H,24,26). The second-order valence-electron chi connectivity index (χ2n) is 7.64. The van der Waals surface area contributed by atoms with Gasteiger partial charge in [0, 0.05) is 18.8 Å². The van der Waals surface area contributed by atoms with Crippen molar-refractivity contribution in [3.8, 4) is 5.75 Å². The average Bonchev–Trinajstić information content (AvgIpc) is 2.79. The number of carbonyl (C=O) groups is 2. The maximum atomic E-state index is 13.3. The van der Waals surface area contributed by atoms with E-state index >= 15 is 0 Å². The van der Waals surface area contributed by atoms with Crippen LogP contribution in [0.25, 0.3) is 0 Å². The summed E-state index contributed by atoms with van der Waals surface area (Å²) >= 11 is 0. The van der Waals surface area contributed by atoms with Crippen LogP contribution in [0.15, 0.2) is 47.4 Å². The van der Waals surface area contributed by atoms with Crippen molar-refractivity contribution in [2.24, 2.45) is 5.92 Å². The molecule has 172 valence electrons. The number of nitrogens with one attached hydrogen (secondary N) is 1. The highest BCUT2D eigenvalue weighted by Crippen LogP contribution is 2.31. The van der Waals surface area contributed by atoms with Gasteiger partial charge < -0.3 is 14.8 Å². The molecule has 8 nitrogen and oxygen atoms in total. The van der Waals surface area contributed by atoms with Crippen molar-refractivity contribution in [2.45, 2.75) is 31.6 Å². The molecule has 1 atom stereocenters. The van der Waals surface area contributed by atoms with Gasteiger partial charge in [-0.1, -0.05) is 6.07 Å². The first-order valence-electron chi connectivity index (χ1n) is 10.5. The number of carbonyl (C=O) groups excluding carboxylic acids is 2. The minimum Gasteiger partial charge on any atom is -0.495 e. The monoisotopic (exact) mass is 460 g/mol. The SMILES string of the molecule is CCOC(=O)c1ccc(NC(=O)C2CCCN(S(=O)(=O)c3cc(C)ccc3OC)C2)cc1. The highest BCUT2D eigenvalue weighted by Gasteiger charge is 2.35. The number of rotatable bonds is 7. The normalized spacial score (nSPS) is 16.9. The summed E-state index contributed by atoms with van der Waals surface area (Å²) in [5, 5.41) is 2.82. The number of hydrogen-bond acceptors (Lipinski definition) is 6. The molecule has 1 saturated heterocycles. The van der Waals surface area contributed by atoms with E-state index in [-0.39, 0.29) is 29.7 Å². The summed E-state index contributed by atoms with van der Waals surface area (Å²) in [7, 11) is -2.38. The molecule has 0 aliphatic carbocycles. The maximum Gasteiger partial charge on any atom is 0.338 e. The van der Waals surface area contributed by atoms with E-state index in [0.717, 1.165) is 5.56 Å². The molecule has 1 aliphatic heterocycles. The Morgan fingerprint density at radius 1 is 1.16 bits per heavy atom. The first-order chi connectivity index (χ1) is 15.3. The molecule has 1 unspecified atom stereocenters. The summed E-state index contributed by atoms with van der Waals surface area (Å²) < 4.78 is 38.1. The molecule has 2 aromatic rings. The van der Waals surface area contributed by atoms with E-state index in [2.05, 4.69) is 5.32 Å². The third kappa shape index (κ3) is 5.28. The topological polar surface area (TPSA) is 102 Å². The van der Waals surface area contributed by atoms with Gasteiger partial charge in [-0.2, -0.15) is 4.31 Å². The maximum absolute atomic E-state index is 13.3. The lowest BCUT2D eigenvalue weighted by atomic mass is 9.98. The van der Waals surface area contributed by atoms with Crippen LogP contribution in [0.1, 0.15) is 35.7 Å². The lowest BCUT2D eigenvalue weighted by molar-refractivity contribution is -0.120. The fraction of sp³-hybridized carbons (Fsp3) is 0.391. The van der Waals surface area contributed by atoms with Crippen LogP contribution < -0.4 is 10.1 Å². The van der Waals surface area contributed by atoms with Crippen LogP contribution in [0.3, 0.4) is 0 Å². The summed E-state index contributed by atoms with van der Waals surface area (Å²) in [6.45, 7) is 4.27. The predicted octanol–water partition coefficient (Wildman–Crippen LogP) is 3.22. The summed E-state index contributed by atoms with van der Waals surface area (Å²) in [6.07, 6.45) is 1.16. The van der Waals surface area contributed by atoms with Crippen LogP contribution in [0.5, 0.6) is 5.75 Å². The quantitative estimate of drug-likeness (QED) is 0.637. The van der Waals surface area contributed by atoms with E-state index in [0.29, 0.717) is 30.6 Å². The zero-order valence-corrected chi connectivity index (χ0v) is 19.3. The Hall–Kier alpha value is -2.91. The fourth-order valence-corrected chi connectivity index (χ4v) is 5.41. The molecule has 9 heteroatoms. The number of esters is 1. The van der Waals surface area contributed by atoms with Gasteiger partial charge in [-0.05, 0) is 68.7 Å². The second kappa shape index (κ2) is 10.1. The van der Waals surface area contributed by atoms with Crippen molar-refractivity contribution in [3.05, 3.63) is 53.6 Å². The number of anilines is 1. The number of amides is 1. The van der Waals surface area contributed by atoms with E-state index in [1.807, 2.05) is 6.92 Å². The lowest BCUT2D eigenvalue weighted by Gasteiger charge is -2.31. The second-order valence-corrected chi connectivity index (χ2v) is 9.55. The van der Waals surface area contributed by atoms with Crippen LogP contribution in [-0.4, -0.2) is 51.4 Å². The Balaban J connectivity index is 1.71. The zero-order chi connectivity index (χ0) is 23.3. The minimum atomic E-state index is -3.81. The van der Waals surface area contributed by atoms with E-state index in [9.17, 15) is 18.0 Å². The van der Waals surface area contributed by atoms with Gasteiger partial charge in [0.25, 0.3) is 0 Å². The molecule has 0 saturated carbocycles. The highest BCUT2D eigenvalue weighted by molar-refractivity contribution is 7.89. The third-order valence-corrected chi connectivity index (χ3v) is 7.24. The van der Waals surface area contributed by atoms with Crippen molar-refractivity contribution in [1.82, 2.24) is 4.31 Å². The summed E-state index contributed by atoms with van der Waals surface area (Å²) in [5.41, 5.74) is 1.73. The van der Waals surface area contributed by atoms with Crippen molar-refractivity contribution in [3.63, 3.8) is 0 Å². The highest BCUT2D eigenvalue weighted by atomic mass is 32.2. The number of aryl methyl sites for hydroxylation is 1. The lowest BCUT2D eigenvalue weighted by Crippen LogP contribution is -2.43. The fourth-order valence-electron chi connectivity index (χ4n) is 3.65. The summed E-state index contributed by atoms with van der Waals surface area (Å²) in [5.74, 6) is -0.891. The summed E-state index contributed by atoms with van der Waals surface area (Å²) in [6, 6.07) is 11.4. The Bertz CT molecular complexity index is 1080. The van der Waals surface area contributed by atoms with Gasteiger partial charge in [-0.15, -0.1) is 0 Å². The van der Waals surface area contributed by atoms with Crippen molar-refractivity contribution in [1.29, 1.82) is 0 Å². The van der Waals surface area contributed by atoms with E-state index in [4.69, 9.17) is 9.47 Å². The number of piperidine rings is 1. The van der Waals surface area contributed by atoms with Crippen LogP contribution in [-0.2, 0) is 19.6 Å². The number of sulfonamides is 1. The molecule has 32 heavy (non-hydrogen) atoms. The molecule has 1 heterocycles. The molecule has 3 rings (SSSR count). The predicted molar refractivity (Wildman–Crippen MR) is 120 cm³/mol. The van der Waals surface area contributed by atoms with Crippen LogP contribution in [0, 0.1) is 12.8 Å². The number of benzene rings is 2.